The van der Waals surface area contributed by atoms with E-state index >= 15 is 0 Å². The van der Waals surface area contributed by atoms with Gasteiger partial charge in [-0.2, -0.15) is 0 Å². The average Bonchev–Trinajstić information content (AvgIpc) is 3.09. The predicted molar refractivity (Wildman–Crippen MR) is 124 cm³/mol. The van der Waals surface area contributed by atoms with Gasteiger partial charge in [0, 0.05) is 17.3 Å². The lowest BCUT2D eigenvalue weighted by atomic mass is 9.94. The fraction of sp³-hybridized carbons (Fsp3) is 0.0833. The first-order valence-corrected chi connectivity index (χ1v) is 10.4. The van der Waals surface area contributed by atoms with E-state index in [1.54, 1.807) is 0 Å². The lowest BCUT2D eigenvalue weighted by Gasteiger charge is -2.25. The smallest absolute Gasteiger partial charge is 0.311 e. The summed E-state index contributed by atoms with van der Waals surface area (Å²) >= 11 is 6.15. The van der Waals surface area contributed by atoms with Crippen LogP contribution in [0.25, 0.3) is 5.76 Å². The standard InChI is InChI=1S/C24H16ClFN2O7/c1-35-19-8-6-13(9-16(19)25)22(30)20-21(12-5-7-18(29)17(10-12)28(33)34)27(24(32)23(20)31)15-4-2-3-14(26)11-15/h2-11,21,29-30H,1H3/b22-20-. The van der Waals surface area contributed by atoms with Gasteiger partial charge in [0.15, 0.2) is 5.75 Å². The van der Waals surface area contributed by atoms with Crippen molar-refractivity contribution < 1.29 is 33.9 Å². The minimum atomic E-state index is -1.38. The zero-order valence-corrected chi connectivity index (χ0v) is 18.7. The molecule has 35 heavy (non-hydrogen) atoms. The third-order valence-corrected chi connectivity index (χ3v) is 5.76. The maximum atomic E-state index is 14.0. The number of ketones is 1. The number of aliphatic hydroxyl groups excluding tert-OH is 1. The number of aromatic hydroxyl groups is 1. The molecular weight excluding hydrogens is 483 g/mol. The summed E-state index contributed by atoms with van der Waals surface area (Å²) in [7, 11) is 1.39. The molecule has 1 heterocycles. The Morgan fingerprint density at radius 1 is 1.14 bits per heavy atom. The normalized spacial score (nSPS) is 17.0. The van der Waals surface area contributed by atoms with Gasteiger partial charge >= 0.3 is 5.69 Å². The molecule has 1 aliphatic rings. The van der Waals surface area contributed by atoms with Gasteiger partial charge in [-0.3, -0.25) is 24.6 Å². The van der Waals surface area contributed by atoms with Crippen LogP contribution < -0.4 is 9.64 Å². The number of hydrogen-bond acceptors (Lipinski definition) is 7. The number of carbonyl (C=O) groups excluding carboxylic acids is 2. The molecule has 0 radical (unpaired) electrons. The van der Waals surface area contributed by atoms with E-state index in [0.717, 1.165) is 29.2 Å². The van der Waals surface area contributed by atoms with Crippen molar-refractivity contribution in [3.8, 4) is 11.5 Å². The summed E-state index contributed by atoms with van der Waals surface area (Å²) in [6, 6.07) is 10.9. The van der Waals surface area contributed by atoms with E-state index in [1.165, 1.54) is 43.5 Å². The molecule has 1 saturated heterocycles. The van der Waals surface area contributed by atoms with Crippen molar-refractivity contribution in [1.29, 1.82) is 0 Å². The molecule has 0 bridgehead atoms. The van der Waals surface area contributed by atoms with Crippen molar-refractivity contribution in [2.45, 2.75) is 6.04 Å². The Bertz CT molecular complexity index is 1420. The van der Waals surface area contributed by atoms with Gasteiger partial charge < -0.3 is 14.9 Å². The summed E-state index contributed by atoms with van der Waals surface area (Å²) in [6.45, 7) is 0. The Labute approximate surface area is 202 Å². The quantitative estimate of drug-likeness (QED) is 0.171. The Morgan fingerprint density at radius 3 is 2.51 bits per heavy atom. The van der Waals surface area contributed by atoms with Crippen molar-refractivity contribution in [3.05, 3.63) is 98.3 Å². The Balaban J connectivity index is 1.99. The SMILES string of the molecule is COc1ccc(/C(O)=C2/C(=O)C(=O)N(c3cccc(F)c3)C2c2ccc(O)c([N+](=O)[O-])c2)cc1Cl. The summed E-state index contributed by atoms with van der Waals surface area (Å²) < 4.78 is 19.1. The summed E-state index contributed by atoms with van der Waals surface area (Å²) in [5.41, 5.74) is -0.995. The number of methoxy groups -OCH3 is 1. The first-order chi connectivity index (χ1) is 16.6. The van der Waals surface area contributed by atoms with Gasteiger partial charge in [0.25, 0.3) is 11.7 Å². The number of rotatable bonds is 5. The van der Waals surface area contributed by atoms with Crippen LogP contribution in [0, 0.1) is 15.9 Å². The number of halogens is 2. The second-order valence-corrected chi connectivity index (χ2v) is 7.91. The Kier molecular flexibility index (Phi) is 6.14. The molecule has 0 saturated carbocycles. The van der Waals surface area contributed by atoms with Crippen LogP contribution in [0.2, 0.25) is 5.02 Å². The van der Waals surface area contributed by atoms with Gasteiger partial charge in [-0.05, 0) is 48.0 Å². The number of aliphatic hydroxyl groups is 1. The van der Waals surface area contributed by atoms with Crippen LogP contribution in [0.15, 0.2) is 66.2 Å². The van der Waals surface area contributed by atoms with Crippen molar-refractivity contribution in [3.63, 3.8) is 0 Å². The topological polar surface area (TPSA) is 130 Å². The highest BCUT2D eigenvalue weighted by molar-refractivity contribution is 6.51. The van der Waals surface area contributed by atoms with Crippen LogP contribution in [0.1, 0.15) is 17.2 Å². The predicted octanol–water partition coefficient (Wildman–Crippen LogP) is 4.73. The van der Waals surface area contributed by atoms with Gasteiger partial charge in [-0.1, -0.05) is 23.7 Å². The van der Waals surface area contributed by atoms with Gasteiger partial charge in [0.1, 0.15) is 17.3 Å². The minimum absolute atomic E-state index is 0.0142. The van der Waals surface area contributed by atoms with Crippen LogP contribution in [0.3, 0.4) is 0 Å². The number of carbonyl (C=O) groups is 2. The van der Waals surface area contributed by atoms with Gasteiger partial charge in [-0.25, -0.2) is 4.39 Å². The highest BCUT2D eigenvalue weighted by atomic mass is 35.5. The first kappa shape index (κ1) is 23.7. The minimum Gasteiger partial charge on any atom is -0.507 e. The zero-order valence-electron chi connectivity index (χ0n) is 17.9. The molecule has 0 aliphatic carbocycles. The number of nitro benzene ring substituents is 1. The summed E-state index contributed by atoms with van der Waals surface area (Å²) in [5, 5.41) is 32.5. The van der Waals surface area contributed by atoms with Crippen LogP contribution in [0.4, 0.5) is 15.8 Å². The molecule has 178 valence electrons. The molecule has 3 aromatic rings. The molecule has 4 rings (SSSR count). The molecule has 1 fully saturated rings. The lowest BCUT2D eigenvalue weighted by molar-refractivity contribution is -0.385. The van der Waals surface area contributed by atoms with E-state index in [2.05, 4.69) is 0 Å². The lowest BCUT2D eigenvalue weighted by Crippen LogP contribution is -2.29. The molecule has 11 heteroatoms. The summed E-state index contributed by atoms with van der Waals surface area (Å²) in [6.07, 6.45) is 0. The molecule has 0 aromatic heterocycles. The fourth-order valence-corrected chi connectivity index (χ4v) is 4.12. The summed E-state index contributed by atoms with van der Waals surface area (Å²) in [4.78, 5) is 37.7. The van der Waals surface area contributed by atoms with Crippen LogP contribution >= 0.6 is 11.6 Å². The van der Waals surface area contributed by atoms with E-state index in [4.69, 9.17) is 16.3 Å². The number of nitro groups is 1. The van der Waals surface area contributed by atoms with Gasteiger partial charge in [0.05, 0.1) is 28.7 Å². The molecule has 0 spiro atoms. The molecule has 1 unspecified atom stereocenters. The Morgan fingerprint density at radius 2 is 1.89 bits per heavy atom. The fourth-order valence-electron chi connectivity index (χ4n) is 3.87. The summed E-state index contributed by atoms with van der Waals surface area (Å²) in [5.74, 6) is -3.82. The number of nitrogens with zero attached hydrogens (tertiary/aromatic N) is 2. The second-order valence-electron chi connectivity index (χ2n) is 7.50. The van der Waals surface area contributed by atoms with Crippen LogP contribution in [0.5, 0.6) is 11.5 Å². The van der Waals surface area contributed by atoms with Crippen LogP contribution in [-0.2, 0) is 9.59 Å². The largest absolute Gasteiger partial charge is 0.507 e. The van der Waals surface area contributed by atoms with Gasteiger partial charge in [-0.15, -0.1) is 0 Å². The van der Waals surface area contributed by atoms with E-state index in [0.29, 0.717) is 5.75 Å². The molecule has 2 N–H and O–H groups in total. The third-order valence-electron chi connectivity index (χ3n) is 5.47. The number of benzene rings is 3. The number of hydrogen-bond donors (Lipinski definition) is 2. The van der Waals surface area contributed by atoms with Crippen molar-refractivity contribution >= 4 is 40.4 Å². The zero-order chi connectivity index (χ0) is 25.4. The molecule has 1 aliphatic heterocycles. The third kappa shape index (κ3) is 4.15. The van der Waals surface area contributed by atoms with E-state index in [-0.39, 0.29) is 21.8 Å². The maximum Gasteiger partial charge on any atom is 0.311 e. The number of Topliss-reactive ketones (excluding diaryl/α,β-unsaturated/α-hetero) is 1. The van der Waals surface area contributed by atoms with Crippen LogP contribution in [-0.4, -0.2) is 33.9 Å². The molecule has 3 aromatic carbocycles. The highest BCUT2D eigenvalue weighted by Gasteiger charge is 2.47. The molecular formula is C24H16ClFN2O7. The molecule has 1 amide bonds. The molecule has 9 nitrogen and oxygen atoms in total. The average molecular weight is 499 g/mol. The van der Waals surface area contributed by atoms with Crippen molar-refractivity contribution in [1.82, 2.24) is 0 Å². The van der Waals surface area contributed by atoms with Crippen molar-refractivity contribution in [2.75, 3.05) is 12.0 Å². The number of amides is 1. The molecule has 1 atom stereocenters. The van der Waals surface area contributed by atoms with E-state index in [9.17, 15) is 34.3 Å². The second kappa shape index (κ2) is 9.07. The van der Waals surface area contributed by atoms with E-state index < -0.39 is 51.2 Å². The first-order valence-electron chi connectivity index (χ1n) is 10.0. The number of anilines is 1. The monoisotopic (exact) mass is 498 g/mol. The van der Waals surface area contributed by atoms with Crippen molar-refractivity contribution in [2.24, 2.45) is 0 Å². The number of ether oxygens (including phenoxy) is 1. The van der Waals surface area contributed by atoms with E-state index in [1.807, 2.05) is 0 Å². The van der Waals surface area contributed by atoms with Gasteiger partial charge in [0.2, 0.25) is 0 Å². The highest BCUT2D eigenvalue weighted by Crippen LogP contribution is 2.44. The number of phenols is 1. The maximum absolute atomic E-state index is 14.0. The Hall–Kier alpha value is -4.44. The number of phenolic OH excluding ortho intramolecular Hbond substituents is 1.